The largest absolute Gasteiger partial charge is 0.497 e. The Morgan fingerprint density at radius 3 is 2.31 bits per heavy atom. The Morgan fingerprint density at radius 1 is 1.07 bits per heavy atom. The van der Waals surface area contributed by atoms with E-state index in [4.69, 9.17) is 4.74 Å². The molecule has 0 radical (unpaired) electrons. The molecule has 0 bridgehead atoms. The monoisotopic (exact) mass is 399 g/mol. The third kappa shape index (κ3) is 5.48. The van der Waals surface area contributed by atoms with Crippen molar-refractivity contribution in [2.45, 2.75) is 26.4 Å². The van der Waals surface area contributed by atoms with Gasteiger partial charge in [-0.1, -0.05) is 44.2 Å². The van der Waals surface area contributed by atoms with Crippen LogP contribution in [0.3, 0.4) is 0 Å². The number of benzene rings is 2. The zero-order valence-corrected chi connectivity index (χ0v) is 17.4. The standard InChI is InChI=1S/C23H30FN3O2/c1-17(2)22(18-8-10-20(29-3)11-9-18)25-23(28)27-14-12-26(13-15-27)16-19-6-4-5-7-21(19)24/h4-11,17,22H,12-16H2,1-3H3,(H,25,28)/t22-/m1/s1. The van der Waals surface area contributed by atoms with Crippen molar-refractivity contribution in [3.05, 3.63) is 65.5 Å². The first-order valence-corrected chi connectivity index (χ1v) is 10.1. The molecule has 156 valence electrons. The maximum atomic E-state index is 13.9. The highest BCUT2D eigenvalue weighted by Crippen LogP contribution is 2.24. The van der Waals surface area contributed by atoms with Gasteiger partial charge in [-0.05, 0) is 29.7 Å². The van der Waals surface area contributed by atoms with E-state index in [1.165, 1.54) is 6.07 Å². The van der Waals surface area contributed by atoms with Gasteiger partial charge in [-0.15, -0.1) is 0 Å². The van der Waals surface area contributed by atoms with Crippen molar-refractivity contribution in [2.24, 2.45) is 5.92 Å². The minimum absolute atomic E-state index is 0.0509. The Bertz CT molecular complexity index is 802. The van der Waals surface area contributed by atoms with Gasteiger partial charge in [-0.25, -0.2) is 9.18 Å². The number of methoxy groups -OCH3 is 1. The van der Waals surface area contributed by atoms with Gasteiger partial charge >= 0.3 is 6.03 Å². The summed E-state index contributed by atoms with van der Waals surface area (Å²) in [6.07, 6.45) is 0. The lowest BCUT2D eigenvalue weighted by Gasteiger charge is -2.36. The van der Waals surface area contributed by atoms with Gasteiger partial charge in [-0.3, -0.25) is 4.90 Å². The van der Waals surface area contributed by atoms with Crippen LogP contribution in [0.1, 0.15) is 31.0 Å². The highest BCUT2D eigenvalue weighted by Gasteiger charge is 2.25. The first kappa shape index (κ1) is 21.1. The molecule has 2 aromatic carbocycles. The Hall–Kier alpha value is -2.60. The fourth-order valence-corrected chi connectivity index (χ4v) is 3.65. The highest BCUT2D eigenvalue weighted by molar-refractivity contribution is 5.75. The van der Waals surface area contributed by atoms with E-state index in [1.807, 2.05) is 41.3 Å². The molecule has 1 N–H and O–H groups in total. The minimum atomic E-state index is -0.174. The molecular formula is C23H30FN3O2. The van der Waals surface area contributed by atoms with Gasteiger partial charge in [0.15, 0.2) is 0 Å². The van der Waals surface area contributed by atoms with E-state index in [2.05, 4.69) is 24.1 Å². The van der Waals surface area contributed by atoms with Crippen molar-refractivity contribution in [3.63, 3.8) is 0 Å². The SMILES string of the molecule is COc1ccc([C@H](NC(=O)N2CCN(Cc3ccccc3F)CC2)C(C)C)cc1. The topological polar surface area (TPSA) is 44.8 Å². The number of halogens is 1. The summed E-state index contributed by atoms with van der Waals surface area (Å²) in [6, 6.07) is 14.6. The molecule has 6 heteroatoms. The van der Waals surface area contributed by atoms with Crippen LogP contribution in [-0.2, 0) is 6.54 Å². The molecule has 0 saturated carbocycles. The summed E-state index contributed by atoms with van der Waals surface area (Å²) in [7, 11) is 1.64. The predicted octanol–water partition coefficient (Wildman–Crippen LogP) is 4.06. The van der Waals surface area contributed by atoms with E-state index >= 15 is 0 Å². The molecule has 0 aromatic heterocycles. The Labute approximate surface area is 172 Å². The summed E-state index contributed by atoms with van der Waals surface area (Å²) >= 11 is 0. The van der Waals surface area contributed by atoms with Crippen LogP contribution in [-0.4, -0.2) is 49.1 Å². The maximum absolute atomic E-state index is 13.9. The summed E-state index contributed by atoms with van der Waals surface area (Å²) in [4.78, 5) is 16.9. The van der Waals surface area contributed by atoms with Crippen LogP contribution in [0.2, 0.25) is 0 Å². The lowest BCUT2D eigenvalue weighted by Crippen LogP contribution is -2.52. The van der Waals surface area contributed by atoms with Crippen molar-refractivity contribution >= 4 is 6.03 Å². The van der Waals surface area contributed by atoms with Gasteiger partial charge in [0, 0.05) is 38.3 Å². The van der Waals surface area contributed by atoms with Gasteiger partial charge in [0.25, 0.3) is 0 Å². The predicted molar refractivity (Wildman–Crippen MR) is 112 cm³/mol. The van der Waals surface area contributed by atoms with E-state index < -0.39 is 0 Å². The summed E-state index contributed by atoms with van der Waals surface area (Å²) in [5, 5.41) is 3.18. The molecule has 5 nitrogen and oxygen atoms in total. The Balaban J connectivity index is 1.55. The molecule has 1 heterocycles. The summed E-state index contributed by atoms with van der Waals surface area (Å²) in [5.74, 6) is 0.884. The summed E-state index contributed by atoms with van der Waals surface area (Å²) < 4.78 is 19.1. The Morgan fingerprint density at radius 2 is 1.72 bits per heavy atom. The highest BCUT2D eigenvalue weighted by atomic mass is 19.1. The second-order valence-electron chi connectivity index (χ2n) is 7.80. The van der Waals surface area contributed by atoms with Crippen molar-refractivity contribution in [2.75, 3.05) is 33.3 Å². The maximum Gasteiger partial charge on any atom is 0.317 e. The smallest absolute Gasteiger partial charge is 0.317 e. The van der Waals surface area contributed by atoms with E-state index in [1.54, 1.807) is 13.2 Å². The third-order valence-electron chi connectivity index (χ3n) is 5.43. The lowest BCUT2D eigenvalue weighted by molar-refractivity contribution is 0.131. The molecule has 1 atom stereocenters. The number of nitrogens with zero attached hydrogens (tertiary/aromatic N) is 2. The molecule has 0 spiro atoms. The van der Waals surface area contributed by atoms with Crippen molar-refractivity contribution < 1.29 is 13.9 Å². The van der Waals surface area contributed by atoms with Crippen LogP contribution in [0.4, 0.5) is 9.18 Å². The average molecular weight is 400 g/mol. The number of carbonyl (C=O) groups excluding carboxylic acids is 1. The van der Waals surface area contributed by atoms with E-state index in [9.17, 15) is 9.18 Å². The number of rotatable bonds is 6. The first-order chi connectivity index (χ1) is 14.0. The van der Waals surface area contributed by atoms with Gasteiger partial charge < -0.3 is 15.0 Å². The van der Waals surface area contributed by atoms with Crippen LogP contribution in [0.15, 0.2) is 48.5 Å². The molecule has 1 saturated heterocycles. The molecular weight excluding hydrogens is 369 g/mol. The number of ether oxygens (including phenoxy) is 1. The zero-order valence-electron chi connectivity index (χ0n) is 17.4. The molecule has 2 aromatic rings. The van der Waals surface area contributed by atoms with Gasteiger partial charge in [0.2, 0.25) is 0 Å². The molecule has 1 fully saturated rings. The molecule has 1 aliphatic rings. The van der Waals surface area contributed by atoms with Crippen LogP contribution < -0.4 is 10.1 Å². The normalized spacial score (nSPS) is 16.0. The molecule has 3 rings (SSSR count). The van der Waals surface area contributed by atoms with Crippen molar-refractivity contribution in [1.82, 2.24) is 15.1 Å². The third-order valence-corrected chi connectivity index (χ3v) is 5.43. The number of piperazine rings is 1. The number of urea groups is 1. The molecule has 29 heavy (non-hydrogen) atoms. The van der Waals surface area contributed by atoms with Crippen LogP contribution in [0.25, 0.3) is 0 Å². The van der Waals surface area contributed by atoms with Crippen LogP contribution in [0.5, 0.6) is 5.75 Å². The van der Waals surface area contributed by atoms with E-state index in [-0.39, 0.29) is 23.8 Å². The summed E-state index contributed by atoms with van der Waals surface area (Å²) in [6.45, 7) is 7.50. The fourth-order valence-electron chi connectivity index (χ4n) is 3.65. The average Bonchev–Trinajstić information content (AvgIpc) is 2.74. The van der Waals surface area contributed by atoms with Crippen LogP contribution >= 0.6 is 0 Å². The summed E-state index contributed by atoms with van der Waals surface area (Å²) in [5.41, 5.74) is 1.76. The number of carbonyl (C=O) groups is 1. The van der Waals surface area contributed by atoms with Gasteiger partial charge in [0.1, 0.15) is 11.6 Å². The minimum Gasteiger partial charge on any atom is -0.497 e. The fraction of sp³-hybridized carbons (Fsp3) is 0.435. The number of amides is 2. The van der Waals surface area contributed by atoms with Crippen molar-refractivity contribution in [3.8, 4) is 5.75 Å². The lowest BCUT2D eigenvalue weighted by atomic mass is 9.96. The second-order valence-corrected chi connectivity index (χ2v) is 7.80. The van der Waals surface area contributed by atoms with E-state index in [0.717, 1.165) is 24.4 Å². The second kappa shape index (κ2) is 9.74. The van der Waals surface area contributed by atoms with Gasteiger partial charge in [-0.2, -0.15) is 0 Å². The first-order valence-electron chi connectivity index (χ1n) is 10.1. The number of hydrogen-bond acceptors (Lipinski definition) is 3. The quantitative estimate of drug-likeness (QED) is 0.797. The molecule has 0 unspecified atom stereocenters. The number of hydrogen-bond donors (Lipinski definition) is 1. The molecule has 0 aliphatic carbocycles. The zero-order chi connectivity index (χ0) is 20.8. The van der Waals surface area contributed by atoms with E-state index in [0.29, 0.717) is 25.2 Å². The molecule has 2 amide bonds. The van der Waals surface area contributed by atoms with Crippen LogP contribution in [0, 0.1) is 11.7 Å². The van der Waals surface area contributed by atoms with Crippen molar-refractivity contribution in [1.29, 1.82) is 0 Å². The Kier molecular flexibility index (Phi) is 7.09. The number of nitrogens with one attached hydrogen (secondary N) is 1. The van der Waals surface area contributed by atoms with Gasteiger partial charge in [0.05, 0.1) is 13.2 Å². The molecule has 1 aliphatic heterocycles.